The van der Waals surface area contributed by atoms with E-state index in [0.29, 0.717) is 12.0 Å². The maximum atomic E-state index is 12.9. The Kier molecular flexibility index (Phi) is 4.61. The van der Waals surface area contributed by atoms with Gasteiger partial charge in [0.15, 0.2) is 6.10 Å². The predicted octanol–water partition coefficient (Wildman–Crippen LogP) is 3.13. The zero-order chi connectivity index (χ0) is 18.0. The molecule has 3 rings (SSSR count). The van der Waals surface area contributed by atoms with E-state index in [1.165, 1.54) is 6.07 Å². The number of esters is 1. The summed E-state index contributed by atoms with van der Waals surface area (Å²) in [5.74, 6) is -1.65. The lowest BCUT2D eigenvalue weighted by atomic mass is 9.92. The summed E-state index contributed by atoms with van der Waals surface area (Å²) in [7, 11) is 0. The van der Waals surface area contributed by atoms with E-state index in [-0.39, 0.29) is 23.5 Å². The van der Waals surface area contributed by atoms with Crippen molar-refractivity contribution in [2.75, 3.05) is 0 Å². The Morgan fingerprint density at radius 2 is 1.92 bits per heavy atom. The van der Waals surface area contributed by atoms with Gasteiger partial charge in [0.25, 0.3) is 0 Å². The standard InChI is InChI=1S/C19H18O6/c1-2-6-15(22)25-19-17(23)16-13(21)9-12(20)10-14(16)24-18(19)11-7-4-3-5-8-11/h3-5,7-10,18-21H,2,6H2,1H3. The zero-order valence-electron chi connectivity index (χ0n) is 13.6. The number of carbonyl (C=O) groups is 2. The second-order valence-corrected chi connectivity index (χ2v) is 5.81. The maximum absolute atomic E-state index is 12.9. The molecule has 1 aliphatic heterocycles. The molecule has 2 unspecified atom stereocenters. The van der Waals surface area contributed by atoms with Gasteiger partial charge in [-0.3, -0.25) is 9.59 Å². The fourth-order valence-corrected chi connectivity index (χ4v) is 2.81. The average molecular weight is 342 g/mol. The van der Waals surface area contributed by atoms with Crippen LogP contribution < -0.4 is 4.74 Å². The molecule has 0 saturated carbocycles. The highest BCUT2D eigenvalue weighted by Gasteiger charge is 2.42. The van der Waals surface area contributed by atoms with Crippen LogP contribution in [0.1, 0.15) is 41.8 Å². The number of hydrogen-bond acceptors (Lipinski definition) is 6. The van der Waals surface area contributed by atoms with Gasteiger partial charge >= 0.3 is 5.97 Å². The van der Waals surface area contributed by atoms with Gasteiger partial charge in [0.1, 0.15) is 22.8 Å². The Morgan fingerprint density at radius 3 is 2.60 bits per heavy atom. The first-order valence-corrected chi connectivity index (χ1v) is 8.02. The van der Waals surface area contributed by atoms with Crippen molar-refractivity contribution in [3.05, 3.63) is 53.6 Å². The molecular formula is C19H18O6. The molecule has 25 heavy (non-hydrogen) atoms. The third-order valence-corrected chi connectivity index (χ3v) is 3.94. The normalized spacial score (nSPS) is 19.0. The minimum absolute atomic E-state index is 0.0548. The molecule has 130 valence electrons. The van der Waals surface area contributed by atoms with Crippen LogP contribution >= 0.6 is 0 Å². The van der Waals surface area contributed by atoms with Crippen LogP contribution in [-0.4, -0.2) is 28.1 Å². The summed E-state index contributed by atoms with van der Waals surface area (Å²) in [6.07, 6.45) is -1.29. The van der Waals surface area contributed by atoms with E-state index >= 15 is 0 Å². The third kappa shape index (κ3) is 3.28. The fraction of sp³-hybridized carbons (Fsp3) is 0.263. The number of fused-ring (bicyclic) bond motifs is 1. The topological polar surface area (TPSA) is 93.1 Å². The average Bonchev–Trinajstić information content (AvgIpc) is 2.57. The van der Waals surface area contributed by atoms with Crippen LogP contribution in [0.4, 0.5) is 0 Å². The van der Waals surface area contributed by atoms with Crippen LogP contribution in [0.25, 0.3) is 0 Å². The number of benzene rings is 2. The van der Waals surface area contributed by atoms with E-state index < -0.39 is 29.7 Å². The van der Waals surface area contributed by atoms with E-state index in [1.807, 2.05) is 13.0 Å². The van der Waals surface area contributed by atoms with Crippen molar-refractivity contribution >= 4 is 11.8 Å². The van der Waals surface area contributed by atoms with Crippen molar-refractivity contribution in [2.24, 2.45) is 0 Å². The van der Waals surface area contributed by atoms with Gasteiger partial charge < -0.3 is 19.7 Å². The number of ketones is 1. The summed E-state index contributed by atoms with van der Waals surface area (Å²) in [6.45, 7) is 1.83. The second-order valence-electron chi connectivity index (χ2n) is 5.81. The van der Waals surface area contributed by atoms with E-state index in [1.54, 1.807) is 24.3 Å². The van der Waals surface area contributed by atoms with Gasteiger partial charge in [-0.2, -0.15) is 0 Å². The molecule has 0 spiro atoms. The third-order valence-electron chi connectivity index (χ3n) is 3.94. The van der Waals surface area contributed by atoms with Crippen LogP contribution in [0.2, 0.25) is 0 Å². The number of hydrogen-bond donors (Lipinski definition) is 2. The Morgan fingerprint density at radius 1 is 1.20 bits per heavy atom. The number of rotatable bonds is 4. The van der Waals surface area contributed by atoms with Crippen molar-refractivity contribution in [1.82, 2.24) is 0 Å². The lowest BCUT2D eigenvalue weighted by molar-refractivity contribution is -0.151. The van der Waals surface area contributed by atoms with Crippen molar-refractivity contribution in [2.45, 2.75) is 32.0 Å². The fourth-order valence-electron chi connectivity index (χ4n) is 2.81. The van der Waals surface area contributed by atoms with Crippen LogP contribution in [0.15, 0.2) is 42.5 Å². The minimum Gasteiger partial charge on any atom is -0.508 e. The molecule has 0 aliphatic carbocycles. The molecule has 2 atom stereocenters. The van der Waals surface area contributed by atoms with E-state index in [0.717, 1.165) is 6.07 Å². The van der Waals surface area contributed by atoms with E-state index in [2.05, 4.69) is 0 Å². The molecule has 1 aliphatic rings. The molecule has 2 aromatic carbocycles. The van der Waals surface area contributed by atoms with Crippen molar-refractivity contribution in [3.63, 3.8) is 0 Å². The van der Waals surface area contributed by atoms with Gasteiger partial charge in [0, 0.05) is 18.6 Å². The van der Waals surface area contributed by atoms with Gasteiger partial charge in [-0.25, -0.2) is 0 Å². The summed E-state index contributed by atoms with van der Waals surface area (Å²) < 4.78 is 11.2. The Balaban J connectivity index is 2.05. The van der Waals surface area contributed by atoms with Gasteiger partial charge in [-0.05, 0) is 12.0 Å². The summed E-state index contributed by atoms with van der Waals surface area (Å²) in [4.78, 5) is 24.8. The summed E-state index contributed by atoms with van der Waals surface area (Å²) in [5.41, 5.74) is 0.554. The molecule has 1 heterocycles. The number of Topliss-reactive ketones (excluding diaryl/α,β-unsaturated/α-hetero) is 1. The molecule has 0 saturated heterocycles. The lowest BCUT2D eigenvalue weighted by Crippen LogP contribution is -2.40. The van der Waals surface area contributed by atoms with Crippen LogP contribution in [0.3, 0.4) is 0 Å². The monoisotopic (exact) mass is 342 g/mol. The first-order valence-electron chi connectivity index (χ1n) is 8.02. The maximum Gasteiger partial charge on any atom is 0.306 e. The highest BCUT2D eigenvalue weighted by Crippen LogP contribution is 2.42. The number of phenols is 2. The molecule has 6 nitrogen and oxygen atoms in total. The predicted molar refractivity (Wildman–Crippen MR) is 88.7 cm³/mol. The second kappa shape index (κ2) is 6.84. The minimum atomic E-state index is -1.20. The molecule has 2 N–H and O–H groups in total. The van der Waals surface area contributed by atoms with Crippen LogP contribution in [0.5, 0.6) is 17.2 Å². The van der Waals surface area contributed by atoms with Gasteiger partial charge in [0.2, 0.25) is 11.9 Å². The number of ether oxygens (including phenoxy) is 2. The first kappa shape index (κ1) is 16.8. The van der Waals surface area contributed by atoms with Crippen LogP contribution in [-0.2, 0) is 9.53 Å². The van der Waals surface area contributed by atoms with Gasteiger partial charge in [-0.15, -0.1) is 0 Å². The summed E-state index contributed by atoms with van der Waals surface area (Å²) >= 11 is 0. The summed E-state index contributed by atoms with van der Waals surface area (Å²) in [6, 6.07) is 11.2. The number of phenolic OH excluding ortho intramolecular Hbond substituents is 2. The molecule has 6 heteroatoms. The van der Waals surface area contributed by atoms with Gasteiger partial charge in [-0.1, -0.05) is 37.3 Å². The largest absolute Gasteiger partial charge is 0.508 e. The SMILES string of the molecule is CCCC(=O)OC1C(=O)c2c(O)cc(O)cc2OC1c1ccccc1. The molecule has 0 amide bonds. The lowest BCUT2D eigenvalue weighted by Gasteiger charge is -2.32. The Hall–Kier alpha value is -3.02. The smallest absolute Gasteiger partial charge is 0.306 e. The molecule has 2 aromatic rings. The van der Waals surface area contributed by atoms with Crippen molar-refractivity contribution in [1.29, 1.82) is 0 Å². The quantitative estimate of drug-likeness (QED) is 0.829. The zero-order valence-corrected chi connectivity index (χ0v) is 13.6. The van der Waals surface area contributed by atoms with Crippen molar-refractivity contribution < 1.29 is 29.3 Å². The first-order chi connectivity index (χ1) is 12.0. The molecule has 0 bridgehead atoms. The van der Waals surface area contributed by atoms with Crippen molar-refractivity contribution in [3.8, 4) is 17.2 Å². The highest BCUT2D eigenvalue weighted by atomic mass is 16.6. The Bertz CT molecular complexity index is 799. The van der Waals surface area contributed by atoms with Crippen LogP contribution in [0, 0.1) is 0 Å². The molecule has 0 fully saturated rings. The van der Waals surface area contributed by atoms with E-state index in [9.17, 15) is 19.8 Å². The number of aromatic hydroxyl groups is 2. The highest BCUT2D eigenvalue weighted by molar-refractivity contribution is 6.06. The Labute approximate surface area is 144 Å². The molecule has 0 radical (unpaired) electrons. The van der Waals surface area contributed by atoms with E-state index in [4.69, 9.17) is 9.47 Å². The van der Waals surface area contributed by atoms with Gasteiger partial charge in [0.05, 0.1) is 0 Å². The number of carbonyl (C=O) groups excluding carboxylic acids is 2. The molecular weight excluding hydrogens is 324 g/mol. The molecule has 0 aromatic heterocycles. The summed E-state index contributed by atoms with van der Waals surface area (Å²) in [5, 5.41) is 19.7.